The Morgan fingerprint density at radius 1 is 1.03 bits per heavy atom. The number of nitrogens with zero attached hydrogens (tertiary/aromatic N) is 2. The maximum absolute atomic E-state index is 13.0. The van der Waals surface area contributed by atoms with Gasteiger partial charge in [0.25, 0.3) is 11.1 Å². The summed E-state index contributed by atoms with van der Waals surface area (Å²) in [5, 5.41) is 1.90. The number of carbonyl (C=O) groups is 3. The van der Waals surface area contributed by atoms with Crippen molar-refractivity contribution in [1.82, 2.24) is 9.80 Å². The lowest BCUT2D eigenvalue weighted by atomic mass is 10.1. The van der Waals surface area contributed by atoms with Gasteiger partial charge in [0, 0.05) is 13.1 Å². The summed E-state index contributed by atoms with van der Waals surface area (Å²) in [5.74, 6) is 0.557. The molecule has 2 aliphatic rings. The molecular weight excluding hydrogens is 615 g/mol. The Hall–Kier alpha value is -3.05. The number of amides is 3. The normalized spacial score (nSPS) is 16.6. The monoisotopic (exact) mass is 642 g/mol. The first-order valence-corrected chi connectivity index (χ1v) is 14.4. The minimum Gasteiger partial charge on any atom is -0.490 e. The second-order valence-electron chi connectivity index (χ2n) is 9.09. The topological polar surface area (TPSA) is 76.2 Å². The van der Waals surface area contributed by atoms with Crippen LogP contribution < -0.4 is 9.47 Å². The molecule has 0 radical (unpaired) electrons. The third-order valence-corrected chi connectivity index (χ3v) is 8.16. The van der Waals surface area contributed by atoms with E-state index >= 15 is 0 Å². The predicted molar refractivity (Wildman–Crippen MR) is 157 cm³/mol. The Morgan fingerprint density at radius 3 is 2.55 bits per heavy atom. The number of imide groups is 1. The van der Waals surface area contributed by atoms with Crippen molar-refractivity contribution in [3.8, 4) is 11.5 Å². The van der Waals surface area contributed by atoms with Crippen LogP contribution in [0, 0.1) is 3.57 Å². The van der Waals surface area contributed by atoms with Crippen molar-refractivity contribution in [3.63, 3.8) is 0 Å². The maximum Gasteiger partial charge on any atom is 0.294 e. The number of benzene rings is 3. The van der Waals surface area contributed by atoms with Crippen LogP contribution in [0.3, 0.4) is 0 Å². The molecule has 3 aromatic rings. The van der Waals surface area contributed by atoms with Crippen LogP contribution in [-0.2, 0) is 16.2 Å². The first kappa shape index (κ1) is 26.6. The van der Waals surface area contributed by atoms with Crippen molar-refractivity contribution in [2.24, 2.45) is 0 Å². The molecule has 2 heterocycles. The number of likely N-dealkylation sites (tertiary alicyclic amines) is 1. The van der Waals surface area contributed by atoms with Crippen molar-refractivity contribution in [3.05, 3.63) is 74.2 Å². The lowest BCUT2D eigenvalue weighted by Crippen LogP contribution is -2.40. The Labute approximate surface area is 239 Å². The molecular formula is C29H27IN2O5S. The highest BCUT2D eigenvalue weighted by atomic mass is 127. The van der Waals surface area contributed by atoms with Gasteiger partial charge in [-0.1, -0.05) is 36.4 Å². The fraction of sp³-hybridized carbons (Fsp3) is 0.276. The van der Waals surface area contributed by atoms with E-state index in [1.807, 2.05) is 31.2 Å². The number of hydrogen-bond acceptors (Lipinski definition) is 6. The molecule has 9 heteroatoms. The molecule has 0 unspecified atom stereocenters. The second-order valence-corrected chi connectivity index (χ2v) is 11.2. The molecule has 3 amide bonds. The van der Waals surface area contributed by atoms with E-state index in [1.54, 1.807) is 11.0 Å². The van der Waals surface area contributed by atoms with Gasteiger partial charge in [0.05, 0.1) is 15.1 Å². The fourth-order valence-corrected chi connectivity index (χ4v) is 6.17. The molecule has 0 N–H and O–H groups in total. The average Bonchev–Trinajstić information content (AvgIpc) is 3.53. The summed E-state index contributed by atoms with van der Waals surface area (Å²) in [5.41, 5.74) is 1.76. The first-order valence-electron chi connectivity index (χ1n) is 12.5. The third kappa shape index (κ3) is 5.83. The van der Waals surface area contributed by atoms with E-state index in [0.717, 1.165) is 44.0 Å². The molecule has 0 saturated carbocycles. The van der Waals surface area contributed by atoms with Gasteiger partial charge in [0.2, 0.25) is 5.91 Å². The summed E-state index contributed by atoms with van der Waals surface area (Å²) >= 11 is 3.04. The minimum absolute atomic E-state index is 0.188. The summed E-state index contributed by atoms with van der Waals surface area (Å²) in [6, 6.07) is 18.1. The number of ether oxygens (including phenoxy) is 2. The van der Waals surface area contributed by atoms with Gasteiger partial charge in [0.15, 0.2) is 11.5 Å². The number of halogens is 1. The largest absolute Gasteiger partial charge is 0.490 e. The van der Waals surface area contributed by atoms with Crippen LogP contribution in [0.2, 0.25) is 0 Å². The summed E-state index contributed by atoms with van der Waals surface area (Å²) in [6.07, 6.45) is 3.58. The van der Waals surface area contributed by atoms with Gasteiger partial charge in [-0.25, -0.2) is 0 Å². The predicted octanol–water partition coefficient (Wildman–Crippen LogP) is 6.08. The highest BCUT2D eigenvalue weighted by Crippen LogP contribution is 2.38. The van der Waals surface area contributed by atoms with Gasteiger partial charge in [-0.05, 0) is 100 Å². The minimum atomic E-state index is -0.447. The van der Waals surface area contributed by atoms with E-state index in [9.17, 15) is 14.4 Å². The van der Waals surface area contributed by atoms with Crippen LogP contribution >= 0.6 is 34.4 Å². The number of fused-ring (bicyclic) bond motifs is 1. The number of carbonyl (C=O) groups excluding carboxylic acids is 3. The highest BCUT2D eigenvalue weighted by Gasteiger charge is 2.37. The van der Waals surface area contributed by atoms with Crippen LogP contribution in [0.4, 0.5) is 4.79 Å². The highest BCUT2D eigenvalue weighted by molar-refractivity contribution is 14.1. The molecule has 0 bridgehead atoms. The van der Waals surface area contributed by atoms with Crippen LogP contribution in [0.15, 0.2) is 59.5 Å². The molecule has 2 fully saturated rings. The Kier molecular flexibility index (Phi) is 8.23. The Balaban J connectivity index is 1.33. The van der Waals surface area contributed by atoms with Gasteiger partial charge in [-0.2, -0.15) is 0 Å². The zero-order chi connectivity index (χ0) is 26.6. The van der Waals surface area contributed by atoms with E-state index in [2.05, 4.69) is 52.9 Å². The van der Waals surface area contributed by atoms with E-state index in [1.165, 1.54) is 5.39 Å². The smallest absolute Gasteiger partial charge is 0.294 e. The molecule has 0 spiro atoms. The van der Waals surface area contributed by atoms with Gasteiger partial charge in [-0.15, -0.1) is 0 Å². The molecule has 2 saturated heterocycles. The van der Waals surface area contributed by atoms with Gasteiger partial charge < -0.3 is 14.4 Å². The molecule has 0 aliphatic carbocycles. The number of rotatable bonds is 8. The Morgan fingerprint density at radius 2 is 1.79 bits per heavy atom. The van der Waals surface area contributed by atoms with E-state index in [0.29, 0.717) is 43.4 Å². The van der Waals surface area contributed by atoms with E-state index in [4.69, 9.17) is 9.47 Å². The summed E-state index contributed by atoms with van der Waals surface area (Å²) < 4.78 is 12.9. The van der Waals surface area contributed by atoms with Crippen LogP contribution in [0.5, 0.6) is 11.5 Å². The summed E-state index contributed by atoms with van der Waals surface area (Å²) in [7, 11) is 0. The van der Waals surface area contributed by atoms with E-state index < -0.39 is 11.1 Å². The average molecular weight is 643 g/mol. The standard InChI is InChI=1S/C29H27IN2O5S/c1-2-36-24-15-20(16-25-28(34)32(29(35)38-25)17-26(33)31-11-5-6-12-31)14-23(30)27(24)37-18-19-9-10-21-7-3-4-8-22(21)13-19/h3-4,7-10,13-16H,2,5-6,11-12,17-18H2,1H3/b25-16+. The zero-order valence-electron chi connectivity index (χ0n) is 20.9. The molecule has 3 aromatic carbocycles. The van der Waals surface area contributed by atoms with Crippen LogP contribution in [-0.4, -0.2) is 53.1 Å². The lowest BCUT2D eigenvalue weighted by Gasteiger charge is -2.18. The fourth-order valence-electron chi connectivity index (χ4n) is 4.55. The molecule has 7 nitrogen and oxygen atoms in total. The summed E-state index contributed by atoms with van der Waals surface area (Å²) in [6.45, 7) is 3.86. The number of hydrogen-bond donors (Lipinski definition) is 0. The quantitative estimate of drug-likeness (QED) is 0.219. The molecule has 5 rings (SSSR count). The maximum atomic E-state index is 13.0. The molecule has 196 valence electrons. The van der Waals surface area contributed by atoms with Crippen molar-refractivity contribution < 1.29 is 23.9 Å². The van der Waals surface area contributed by atoms with Crippen LogP contribution in [0.1, 0.15) is 30.9 Å². The SMILES string of the molecule is CCOc1cc(/C=C2/SC(=O)N(CC(=O)N3CCCC3)C2=O)cc(I)c1OCc1ccc2ccccc2c1. The third-order valence-electron chi connectivity index (χ3n) is 6.45. The Bertz CT molecular complexity index is 1430. The van der Waals surface area contributed by atoms with Gasteiger partial charge >= 0.3 is 0 Å². The molecule has 2 aliphatic heterocycles. The van der Waals surface area contributed by atoms with Crippen LogP contribution in [0.25, 0.3) is 16.8 Å². The first-order chi connectivity index (χ1) is 18.4. The van der Waals surface area contributed by atoms with Crippen molar-refractivity contribution in [2.45, 2.75) is 26.4 Å². The van der Waals surface area contributed by atoms with Crippen molar-refractivity contribution >= 4 is 68.3 Å². The van der Waals surface area contributed by atoms with E-state index in [-0.39, 0.29) is 17.4 Å². The van der Waals surface area contributed by atoms with Crippen molar-refractivity contribution in [1.29, 1.82) is 0 Å². The zero-order valence-corrected chi connectivity index (χ0v) is 23.9. The molecule has 0 aromatic heterocycles. The molecule has 0 atom stereocenters. The van der Waals surface area contributed by atoms with Crippen molar-refractivity contribution in [2.75, 3.05) is 26.2 Å². The second kappa shape index (κ2) is 11.8. The van der Waals surface area contributed by atoms with Gasteiger partial charge in [-0.3, -0.25) is 19.3 Å². The number of thioether (sulfide) groups is 1. The lowest BCUT2D eigenvalue weighted by molar-refractivity contribution is -0.135. The van der Waals surface area contributed by atoms with Gasteiger partial charge in [0.1, 0.15) is 13.2 Å². The summed E-state index contributed by atoms with van der Waals surface area (Å²) in [4.78, 5) is 41.0. The molecule has 38 heavy (non-hydrogen) atoms.